The highest BCUT2D eigenvalue weighted by Crippen LogP contribution is 2.21. The molecule has 0 aliphatic carbocycles. The Hall–Kier alpha value is -2.21. The molecule has 0 radical (unpaired) electrons. The van der Waals surface area contributed by atoms with Crippen LogP contribution in [0.3, 0.4) is 0 Å². The normalized spacial score (nSPS) is 17.9. The molecule has 1 N–H and O–H groups in total. The molecule has 0 aromatic heterocycles. The lowest BCUT2D eigenvalue weighted by atomic mass is 9.99. The summed E-state index contributed by atoms with van der Waals surface area (Å²) >= 11 is 0. The number of hydrogen-bond acceptors (Lipinski definition) is 4. The van der Waals surface area contributed by atoms with Gasteiger partial charge < -0.3 is 10.2 Å². The lowest BCUT2D eigenvalue weighted by Crippen LogP contribution is -2.47. The summed E-state index contributed by atoms with van der Waals surface area (Å²) < 4.78 is 26.8. The van der Waals surface area contributed by atoms with Crippen LogP contribution in [0.4, 0.5) is 20.2 Å². The van der Waals surface area contributed by atoms with Crippen molar-refractivity contribution in [2.75, 3.05) is 49.6 Å². The second-order valence-electron chi connectivity index (χ2n) is 7.79. The number of alkyl halides is 1. The van der Waals surface area contributed by atoms with E-state index in [1.54, 1.807) is 0 Å². The monoisotopic (exact) mass is 418 g/mol. The zero-order valence-corrected chi connectivity index (χ0v) is 18.8. The van der Waals surface area contributed by atoms with Crippen LogP contribution in [0.2, 0.25) is 0 Å². The van der Waals surface area contributed by atoms with Gasteiger partial charge in [-0.25, -0.2) is 13.8 Å². The summed E-state index contributed by atoms with van der Waals surface area (Å²) in [6.07, 6.45) is 4.96. The number of aliphatic imine (C=N–C) groups is 1. The van der Waals surface area contributed by atoms with Gasteiger partial charge in [-0.1, -0.05) is 20.8 Å². The summed E-state index contributed by atoms with van der Waals surface area (Å²) in [4.78, 5) is 8.80. The van der Waals surface area contributed by atoms with E-state index in [0.717, 1.165) is 56.0 Å². The van der Waals surface area contributed by atoms with Crippen LogP contribution in [0.1, 0.15) is 40.5 Å². The Morgan fingerprint density at radius 3 is 2.40 bits per heavy atom. The fourth-order valence-corrected chi connectivity index (χ4v) is 3.35. The highest BCUT2D eigenvalue weighted by molar-refractivity contribution is 5.78. The van der Waals surface area contributed by atoms with Crippen LogP contribution in [0, 0.1) is 5.92 Å². The van der Waals surface area contributed by atoms with E-state index in [0.29, 0.717) is 12.4 Å². The van der Waals surface area contributed by atoms with Crippen LogP contribution in [0.25, 0.3) is 0 Å². The van der Waals surface area contributed by atoms with E-state index in [1.807, 2.05) is 39.0 Å². The number of allylic oxidation sites excluding steroid dienone is 3. The van der Waals surface area contributed by atoms with Crippen molar-refractivity contribution in [1.82, 2.24) is 4.90 Å². The lowest BCUT2D eigenvalue weighted by Gasteiger charge is -2.35. The van der Waals surface area contributed by atoms with Gasteiger partial charge in [0.05, 0.1) is 6.21 Å². The predicted octanol–water partition coefficient (Wildman–Crippen LogP) is 5.80. The van der Waals surface area contributed by atoms with Gasteiger partial charge in [-0.15, -0.1) is 0 Å². The Bertz CT molecular complexity index is 732. The number of rotatable bonds is 10. The van der Waals surface area contributed by atoms with E-state index in [-0.39, 0.29) is 18.4 Å². The first kappa shape index (κ1) is 24.1. The molecule has 2 rings (SSSR count). The fourth-order valence-electron chi connectivity index (χ4n) is 3.35. The Balaban J connectivity index is 2.00. The zero-order chi connectivity index (χ0) is 21.9. The van der Waals surface area contributed by atoms with Crippen molar-refractivity contribution < 1.29 is 8.78 Å². The minimum atomic E-state index is -0.284. The minimum absolute atomic E-state index is 0.203. The van der Waals surface area contributed by atoms with Crippen LogP contribution in [-0.2, 0) is 0 Å². The van der Waals surface area contributed by atoms with E-state index >= 15 is 0 Å². The first-order valence-corrected chi connectivity index (χ1v) is 11.0. The SMILES string of the molecule is CC/C=C(/N=C\C(F)=C(/C)C(C)CC)Nc1ccc(N2CCN(CCF)CC2)cc1. The lowest BCUT2D eigenvalue weighted by molar-refractivity contribution is 0.235. The van der Waals surface area contributed by atoms with E-state index < -0.39 is 0 Å². The first-order chi connectivity index (χ1) is 14.5. The molecule has 0 amide bonds. The first-order valence-electron chi connectivity index (χ1n) is 11.0. The van der Waals surface area contributed by atoms with E-state index in [1.165, 1.54) is 6.21 Å². The molecule has 0 spiro atoms. The Morgan fingerprint density at radius 1 is 1.17 bits per heavy atom. The number of nitrogens with zero attached hydrogens (tertiary/aromatic N) is 3. The van der Waals surface area contributed by atoms with Crippen LogP contribution in [-0.4, -0.2) is 50.5 Å². The van der Waals surface area contributed by atoms with Crippen LogP contribution in [0.5, 0.6) is 0 Å². The summed E-state index contributed by atoms with van der Waals surface area (Å²) in [6, 6.07) is 8.18. The molecular formula is C24H36F2N4. The molecule has 1 aromatic carbocycles. The topological polar surface area (TPSA) is 30.9 Å². The van der Waals surface area contributed by atoms with Gasteiger partial charge in [0.15, 0.2) is 0 Å². The number of piperazine rings is 1. The minimum Gasteiger partial charge on any atom is -0.369 e. The Labute approximate surface area is 180 Å². The third kappa shape index (κ3) is 7.24. The van der Waals surface area contributed by atoms with E-state index in [2.05, 4.69) is 39.2 Å². The second kappa shape index (κ2) is 12.5. The average molecular weight is 419 g/mol. The number of benzene rings is 1. The van der Waals surface area contributed by atoms with Crippen LogP contribution in [0.15, 0.2) is 52.6 Å². The molecule has 30 heavy (non-hydrogen) atoms. The summed E-state index contributed by atoms with van der Waals surface area (Å²) in [5, 5.41) is 3.28. The molecule has 1 unspecified atom stereocenters. The molecule has 166 valence electrons. The number of nitrogens with one attached hydrogen (secondary N) is 1. The van der Waals surface area contributed by atoms with Crippen molar-refractivity contribution in [3.05, 3.63) is 47.6 Å². The molecule has 0 saturated carbocycles. The highest BCUT2D eigenvalue weighted by atomic mass is 19.1. The molecule has 1 atom stereocenters. The number of hydrogen-bond donors (Lipinski definition) is 1. The smallest absolute Gasteiger partial charge is 0.140 e. The molecule has 4 nitrogen and oxygen atoms in total. The largest absolute Gasteiger partial charge is 0.369 e. The summed E-state index contributed by atoms with van der Waals surface area (Å²) in [7, 11) is 0. The molecule has 1 aliphatic heterocycles. The van der Waals surface area contributed by atoms with Crippen molar-refractivity contribution in [3.63, 3.8) is 0 Å². The fraction of sp³-hybridized carbons (Fsp3) is 0.542. The van der Waals surface area contributed by atoms with Crippen LogP contribution < -0.4 is 10.2 Å². The van der Waals surface area contributed by atoms with E-state index in [9.17, 15) is 8.78 Å². The van der Waals surface area contributed by atoms with Gasteiger partial charge >= 0.3 is 0 Å². The standard InChI is InChI=1S/C24H36F2N4/c1-5-7-24(27-18-23(26)20(4)19(3)6-2)28-21-8-10-22(11-9-21)30-16-14-29(13-12-25)15-17-30/h7-11,18-19,28H,5-6,12-17H2,1-4H3/b23-20-,24-7-,27-18-. The van der Waals surface area contributed by atoms with Gasteiger partial charge in [0.1, 0.15) is 18.3 Å². The average Bonchev–Trinajstić information content (AvgIpc) is 2.77. The maximum Gasteiger partial charge on any atom is 0.140 e. The summed E-state index contributed by atoms with van der Waals surface area (Å²) in [5.74, 6) is 0.571. The Morgan fingerprint density at radius 2 is 1.83 bits per heavy atom. The van der Waals surface area contributed by atoms with Crippen molar-refractivity contribution in [2.24, 2.45) is 10.9 Å². The number of anilines is 2. The molecule has 0 bridgehead atoms. The number of halogens is 2. The van der Waals surface area contributed by atoms with Gasteiger partial charge in [0.2, 0.25) is 0 Å². The molecule has 1 aliphatic rings. The molecule has 1 fully saturated rings. The molecule has 1 saturated heterocycles. The van der Waals surface area contributed by atoms with Gasteiger partial charge in [-0.2, -0.15) is 0 Å². The predicted molar refractivity (Wildman–Crippen MR) is 125 cm³/mol. The third-order valence-corrected chi connectivity index (χ3v) is 5.72. The Kier molecular flexibility index (Phi) is 10.0. The molecular weight excluding hydrogens is 382 g/mol. The van der Waals surface area contributed by atoms with Gasteiger partial charge in [0.25, 0.3) is 0 Å². The zero-order valence-electron chi connectivity index (χ0n) is 18.8. The van der Waals surface area contributed by atoms with Gasteiger partial charge in [0, 0.05) is 44.1 Å². The third-order valence-electron chi connectivity index (χ3n) is 5.72. The van der Waals surface area contributed by atoms with Crippen molar-refractivity contribution in [3.8, 4) is 0 Å². The molecule has 1 aromatic rings. The van der Waals surface area contributed by atoms with Gasteiger partial charge in [-0.3, -0.25) is 4.90 Å². The maximum atomic E-state index is 14.4. The van der Waals surface area contributed by atoms with Gasteiger partial charge in [-0.05, 0) is 61.6 Å². The summed E-state index contributed by atoms with van der Waals surface area (Å²) in [5.41, 5.74) is 2.80. The van der Waals surface area contributed by atoms with Crippen molar-refractivity contribution in [2.45, 2.75) is 40.5 Å². The summed E-state index contributed by atoms with van der Waals surface area (Å²) in [6.45, 7) is 11.7. The van der Waals surface area contributed by atoms with E-state index in [4.69, 9.17) is 0 Å². The van der Waals surface area contributed by atoms with Crippen molar-refractivity contribution >= 4 is 17.6 Å². The molecule has 1 heterocycles. The maximum absolute atomic E-state index is 14.4. The van der Waals surface area contributed by atoms with Crippen LogP contribution >= 0.6 is 0 Å². The highest BCUT2D eigenvalue weighted by Gasteiger charge is 2.16. The van der Waals surface area contributed by atoms with Crippen molar-refractivity contribution in [1.29, 1.82) is 0 Å². The molecule has 6 heteroatoms. The quantitative estimate of drug-likeness (QED) is 0.487. The second-order valence-corrected chi connectivity index (χ2v) is 7.79.